The van der Waals surface area contributed by atoms with E-state index in [-0.39, 0.29) is 5.54 Å². The van der Waals surface area contributed by atoms with Gasteiger partial charge >= 0.3 is 0 Å². The Hall–Kier alpha value is 0.100. The van der Waals surface area contributed by atoms with E-state index in [4.69, 9.17) is 0 Å². The number of hydrogen-bond acceptors (Lipinski definition) is 3. The highest BCUT2D eigenvalue weighted by molar-refractivity contribution is 9.11. The van der Waals surface area contributed by atoms with E-state index in [1.807, 2.05) is 11.3 Å². The van der Waals surface area contributed by atoms with Gasteiger partial charge in [0.2, 0.25) is 0 Å². The SMILES string of the molecule is Cc1cc(CNCC(C)(C)N(C)C)sc1Br. The van der Waals surface area contributed by atoms with E-state index in [1.165, 1.54) is 14.2 Å². The molecule has 16 heavy (non-hydrogen) atoms. The molecule has 1 heterocycles. The van der Waals surface area contributed by atoms with Gasteiger partial charge in [0.1, 0.15) is 0 Å². The summed E-state index contributed by atoms with van der Waals surface area (Å²) in [5.74, 6) is 0. The molecule has 4 heteroatoms. The summed E-state index contributed by atoms with van der Waals surface area (Å²) in [4.78, 5) is 3.63. The second kappa shape index (κ2) is 5.63. The molecule has 1 aromatic rings. The Kier molecular flexibility index (Phi) is 4.98. The van der Waals surface area contributed by atoms with Crippen LogP contribution in [0, 0.1) is 6.92 Å². The number of nitrogens with zero attached hydrogens (tertiary/aromatic N) is 1. The van der Waals surface area contributed by atoms with Gasteiger partial charge in [-0.1, -0.05) is 0 Å². The zero-order valence-corrected chi connectivity index (χ0v) is 13.1. The van der Waals surface area contributed by atoms with Crippen molar-refractivity contribution in [1.82, 2.24) is 10.2 Å². The fourth-order valence-corrected chi connectivity index (χ4v) is 2.86. The van der Waals surface area contributed by atoms with E-state index in [0.29, 0.717) is 0 Å². The van der Waals surface area contributed by atoms with Crippen LogP contribution >= 0.6 is 27.3 Å². The van der Waals surface area contributed by atoms with Crippen LogP contribution in [-0.2, 0) is 6.54 Å². The average molecular weight is 305 g/mol. The van der Waals surface area contributed by atoms with Gasteiger partial charge in [-0.05, 0) is 62.4 Å². The third kappa shape index (κ3) is 3.84. The van der Waals surface area contributed by atoms with Crippen LogP contribution in [0.4, 0.5) is 0 Å². The standard InChI is InChI=1S/C12H21BrN2S/c1-9-6-10(16-11(9)13)7-14-8-12(2,3)15(4)5/h6,14H,7-8H2,1-5H3. The number of nitrogens with one attached hydrogen (secondary N) is 1. The Morgan fingerprint density at radius 2 is 2.06 bits per heavy atom. The highest BCUT2D eigenvalue weighted by Crippen LogP contribution is 2.27. The fourth-order valence-electron chi connectivity index (χ4n) is 1.26. The molecule has 1 rings (SSSR count). The molecule has 0 aromatic carbocycles. The minimum absolute atomic E-state index is 0.198. The Morgan fingerprint density at radius 3 is 2.50 bits per heavy atom. The maximum atomic E-state index is 3.55. The van der Waals surface area contributed by atoms with Gasteiger partial charge in [-0.15, -0.1) is 11.3 Å². The van der Waals surface area contributed by atoms with Crippen LogP contribution in [0.1, 0.15) is 24.3 Å². The van der Waals surface area contributed by atoms with Gasteiger partial charge < -0.3 is 10.2 Å². The predicted octanol–water partition coefficient (Wildman–Crippen LogP) is 3.25. The van der Waals surface area contributed by atoms with Crippen molar-refractivity contribution in [2.24, 2.45) is 0 Å². The molecule has 0 spiro atoms. The lowest BCUT2D eigenvalue weighted by molar-refractivity contribution is 0.190. The molecule has 92 valence electrons. The van der Waals surface area contributed by atoms with Gasteiger partial charge in [-0.25, -0.2) is 0 Å². The molecule has 0 saturated heterocycles. The molecular formula is C12H21BrN2S. The molecule has 2 nitrogen and oxygen atoms in total. The van der Waals surface area contributed by atoms with Crippen molar-refractivity contribution in [1.29, 1.82) is 0 Å². The summed E-state index contributed by atoms with van der Waals surface area (Å²) in [7, 11) is 4.24. The molecule has 0 aliphatic heterocycles. The van der Waals surface area contributed by atoms with Gasteiger partial charge in [-0.2, -0.15) is 0 Å². The van der Waals surface area contributed by atoms with Gasteiger partial charge in [0.05, 0.1) is 3.79 Å². The maximum Gasteiger partial charge on any atom is 0.0730 e. The van der Waals surface area contributed by atoms with Crippen molar-refractivity contribution in [2.75, 3.05) is 20.6 Å². The number of aryl methyl sites for hydroxylation is 1. The normalized spacial score (nSPS) is 12.4. The van der Waals surface area contributed by atoms with Crippen LogP contribution in [0.3, 0.4) is 0 Å². The number of rotatable bonds is 5. The first kappa shape index (κ1) is 14.2. The summed E-state index contributed by atoms with van der Waals surface area (Å²) >= 11 is 5.37. The van der Waals surface area contributed by atoms with E-state index in [1.54, 1.807) is 0 Å². The minimum Gasteiger partial charge on any atom is -0.310 e. The smallest absolute Gasteiger partial charge is 0.0730 e. The van der Waals surface area contributed by atoms with E-state index >= 15 is 0 Å². The van der Waals surface area contributed by atoms with Crippen LogP contribution in [0.15, 0.2) is 9.85 Å². The molecule has 0 amide bonds. The lowest BCUT2D eigenvalue weighted by Crippen LogP contribution is -2.46. The fraction of sp³-hybridized carbons (Fsp3) is 0.667. The highest BCUT2D eigenvalue weighted by Gasteiger charge is 2.19. The van der Waals surface area contributed by atoms with E-state index in [2.05, 4.69) is 67.1 Å². The third-order valence-corrected chi connectivity index (χ3v) is 5.11. The summed E-state index contributed by atoms with van der Waals surface area (Å²) in [5, 5.41) is 3.51. The van der Waals surface area contributed by atoms with Crippen LogP contribution in [0.2, 0.25) is 0 Å². The zero-order chi connectivity index (χ0) is 12.3. The molecular weight excluding hydrogens is 284 g/mol. The number of halogens is 1. The highest BCUT2D eigenvalue weighted by atomic mass is 79.9. The number of thiophene rings is 1. The third-order valence-electron chi connectivity index (χ3n) is 2.98. The molecule has 0 bridgehead atoms. The van der Waals surface area contributed by atoms with Crippen molar-refractivity contribution in [2.45, 2.75) is 32.9 Å². The topological polar surface area (TPSA) is 15.3 Å². The Bertz CT molecular complexity index is 325. The van der Waals surface area contributed by atoms with Crippen LogP contribution < -0.4 is 5.32 Å². The molecule has 0 unspecified atom stereocenters. The minimum atomic E-state index is 0.198. The van der Waals surface area contributed by atoms with Crippen LogP contribution in [0.25, 0.3) is 0 Å². The Morgan fingerprint density at radius 1 is 1.44 bits per heavy atom. The molecule has 0 aliphatic rings. The van der Waals surface area contributed by atoms with Crippen LogP contribution in [-0.4, -0.2) is 31.1 Å². The average Bonchev–Trinajstić information content (AvgIpc) is 2.45. The molecule has 0 saturated carbocycles. The predicted molar refractivity (Wildman–Crippen MR) is 76.2 cm³/mol. The Labute approximate surface area is 111 Å². The van der Waals surface area contributed by atoms with Crippen LogP contribution in [0.5, 0.6) is 0 Å². The maximum absolute atomic E-state index is 3.55. The monoisotopic (exact) mass is 304 g/mol. The largest absolute Gasteiger partial charge is 0.310 e. The number of likely N-dealkylation sites (N-methyl/N-ethyl adjacent to an activating group) is 1. The van der Waals surface area contributed by atoms with Crippen molar-refractivity contribution in [3.8, 4) is 0 Å². The van der Waals surface area contributed by atoms with Crippen molar-refractivity contribution < 1.29 is 0 Å². The zero-order valence-electron chi connectivity index (χ0n) is 10.7. The summed E-state index contributed by atoms with van der Waals surface area (Å²) in [6, 6.07) is 2.24. The lowest BCUT2D eigenvalue weighted by Gasteiger charge is -2.32. The summed E-state index contributed by atoms with van der Waals surface area (Å²) in [5.41, 5.74) is 1.53. The summed E-state index contributed by atoms with van der Waals surface area (Å²) < 4.78 is 1.25. The molecule has 1 aromatic heterocycles. The van der Waals surface area contributed by atoms with E-state index in [9.17, 15) is 0 Å². The first-order valence-corrected chi connectivity index (χ1v) is 7.07. The Balaban J connectivity index is 2.41. The second-order valence-corrected chi connectivity index (χ2v) is 7.43. The lowest BCUT2D eigenvalue weighted by atomic mass is 10.0. The van der Waals surface area contributed by atoms with E-state index < -0.39 is 0 Å². The molecule has 0 fully saturated rings. The summed E-state index contributed by atoms with van der Waals surface area (Å²) in [6.07, 6.45) is 0. The first-order valence-electron chi connectivity index (χ1n) is 5.46. The van der Waals surface area contributed by atoms with Gasteiger partial charge in [-0.3, -0.25) is 0 Å². The second-order valence-electron chi connectivity index (χ2n) is 4.98. The molecule has 1 N–H and O–H groups in total. The van der Waals surface area contributed by atoms with Crippen molar-refractivity contribution in [3.05, 3.63) is 20.3 Å². The van der Waals surface area contributed by atoms with Gasteiger partial charge in [0.25, 0.3) is 0 Å². The van der Waals surface area contributed by atoms with E-state index in [0.717, 1.165) is 13.1 Å². The van der Waals surface area contributed by atoms with Gasteiger partial charge in [0, 0.05) is 23.5 Å². The van der Waals surface area contributed by atoms with Crippen molar-refractivity contribution in [3.63, 3.8) is 0 Å². The quantitative estimate of drug-likeness (QED) is 0.898. The molecule has 0 radical (unpaired) electrons. The molecule has 0 atom stereocenters. The summed E-state index contributed by atoms with van der Waals surface area (Å²) in [6.45, 7) is 8.57. The van der Waals surface area contributed by atoms with Gasteiger partial charge in [0.15, 0.2) is 0 Å². The first-order chi connectivity index (χ1) is 7.33. The molecule has 0 aliphatic carbocycles. The van der Waals surface area contributed by atoms with Crippen molar-refractivity contribution >= 4 is 27.3 Å². The number of hydrogen-bond donors (Lipinski definition) is 1.